The lowest BCUT2D eigenvalue weighted by Gasteiger charge is -2.13. The fourth-order valence-corrected chi connectivity index (χ4v) is 1.89. The lowest BCUT2D eigenvalue weighted by Crippen LogP contribution is -2.16. The van der Waals surface area contributed by atoms with Crippen LogP contribution in [-0.4, -0.2) is 33.3 Å². The normalized spacial score (nSPS) is 14.2. The van der Waals surface area contributed by atoms with Crippen LogP contribution < -0.4 is 15.8 Å². The molecule has 5 nitrogen and oxygen atoms in total. The molecule has 0 bridgehead atoms. The summed E-state index contributed by atoms with van der Waals surface area (Å²) in [6.45, 7) is 6.55. The van der Waals surface area contributed by atoms with Crippen LogP contribution in [0.4, 0.5) is 11.5 Å². The van der Waals surface area contributed by atoms with Crippen molar-refractivity contribution >= 4 is 22.3 Å². The second-order valence-corrected chi connectivity index (χ2v) is 6.58. The molecule has 0 aliphatic heterocycles. The van der Waals surface area contributed by atoms with Gasteiger partial charge in [0.15, 0.2) is 0 Å². The molecule has 2 unspecified atom stereocenters. The fraction of sp³-hybridized carbons (Fsp3) is 0.615. The summed E-state index contributed by atoms with van der Waals surface area (Å²) >= 11 is 0. The molecule has 1 aromatic rings. The van der Waals surface area contributed by atoms with Crippen molar-refractivity contribution in [1.82, 2.24) is 4.98 Å². The van der Waals surface area contributed by atoms with E-state index in [0.29, 0.717) is 11.6 Å². The third kappa shape index (κ3) is 5.46. The zero-order valence-corrected chi connectivity index (χ0v) is 12.8. The maximum Gasteiger partial charge on any atom is 0.239 e. The Kier molecular flexibility index (Phi) is 6.08. The molecule has 0 aliphatic carbocycles. The van der Waals surface area contributed by atoms with Gasteiger partial charge in [-0.25, -0.2) is 0 Å². The van der Waals surface area contributed by atoms with Gasteiger partial charge in [-0.3, -0.25) is 4.21 Å². The summed E-state index contributed by atoms with van der Waals surface area (Å²) in [5.74, 6) is 1.17. The molecule has 0 aromatic carbocycles. The van der Waals surface area contributed by atoms with Gasteiger partial charge in [-0.05, 0) is 32.4 Å². The van der Waals surface area contributed by atoms with E-state index in [1.165, 1.54) is 0 Å². The Morgan fingerprint density at radius 1 is 1.42 bits per heavy atom. The highest BCUT2D eigenvalue weighted by Gasteiger charge is 2.08. The van der Waals surface area contributed by atoms with Gasteiger partial charge in [-0.1, -0.05) is 6.92 Å². The zero-order chi connectivity index (χ0) is 14.4. The number of nitrogens with zero attached hydrogens (tertiary/aromatic N) is 1. The average Bonchev–Trinajstić information content (AvgIpc) is 2.32. The Labute approximate surface area is 117 Å². The Morgan fingerprint density at radius 2 is 2.11 bits per heavy atom. The lowest BCUT2D eigenvalue weighted by molar-refractivity contribution is 0.234. The van der Waals surface area contributed by atoms with Gasteiger partial charge in [0, 0.05) is 28.9 Å². The third-order valence-electron chi connectivity index (χ3n) is 2.66. The number of pyridine rings is 1. The van der Waals surface area contributed by atoms with Crippen molar-refractivity contribution in [2.45, 2.75) is 38.5 Å². The molecule has 0 radical (unpaired) electrons. The van der Waals surface area contributed by atoms with Crippen LogP contribution in [0.15, 0.2) is 12.1 Å². The predicted octanol–water partition coefficient (Wildman–Crippen LogP) is 2.02. The van der Waals surface area contributed by atoms with Crippen LogP contribution in [0.5, 0.6) is 5.88 Å². The Morgan fingerprint density at radius 3 is 2.68 bits per heavy atom. The van der Waals surface area contributed by atoms with Gasteiger partial charge in [0.25, 0.3) is 0 Å². The molecule has 0 saturated heterocycles. The number of nitrogen functional groups attached to an aromatic ring is 1. The monoisotopic (exact) mass is 285 g/mol. The molecule has 0 amide bonds. The van der Waals surface area contributed by atoms with E-state index in [0.717, 1.165) is 18.8 Å². The Balaban J connectivity index is 2.57. The van der Waals surface area contributed by atoms with E-state index in [-0.39, 0.29) is 11.4 Å². The van der Waals surface area contributed by atoms with Crippen LogP contribution in [0.2, 0.25) is 0 Å². The SMILES string of the molecule is CC(C)Oc1nc(NCCC(C)S(C)=O)ccc1N. The molecule has 3 N–H and O–H groups in total. The topological polar surface area (TPSA) is 77.2 Å². The number of nitrogens with one attached hydrogen (secondary N) is 1. The van der Waals surface area contributed by atoms with E-state index in [2.05, 4.69) is 10.3 Å². The van der Waals surface area contributed by atoms with Crippen molar-refractivity contribution in [3.05, 3.63) is 12.1 Å². The molecule has 6 heteroatoms. The number of hydrogen-bond acceptors (Lipinski definition) is 5. The lowest BCUT2D eigenvalue weighted by atomic mass is 10.3. The molecule has 0 aliphatic rings. The fourth-order valence-electron chi connectivity index (χ4n) is 1.44. The molecular formula is C13H23N3O2S. The van der Waals surface area contributed by atoms with Gasteiger partial charge in [0.05, 0.1) is 11.8 Å². The molecule has 1 rings (SSSR count). The second kappa shape index (κ2) is 7.33. The molecular weight excluding hydrogens is 262 g/mol. The standard InChI is InChI=1S/C13H23N3O2S/c1-9(2)18-13-11(14)5-6-12(16-13)15-8-7-10(3)19(4)17/h5-6,9-10H,7-8,14H2,1-4H3,(H,15,16). The minimum absolute atomic E-state index is 0.0348. The summed E-state index contributed by atoms with van der Waals surface area (Å²) in [4.78, 5) is 4.32. The average molecular weight is 285 g/mol. The van der Waals surface area contributed by atoms with Crippen molar-refractivity contribution in [1.29, 1.82) is 0 Å². The molecule has 0 fully saturated rings. The first kappa shape index (κ1) is 15.8. The van der Waals surface area contributed by atoms with E-state index in [1.54, 1.807) is 12.3 Å². The maximum absolute atomic E-state index is 11.2. The largest absolute Gasteiger partial charge is 0.473 e. The molecule has 1 heterocycles. The summed E-state index contributed by atoms with van der Waals surface area (Å²) in [6, 6.07) is 3.59. The van der Waals surface area contributed by atoms with Gasteiger partial charge in [0.1, 0.15) is 5.82 Å². The van der Waals surface area contributed by atoms with E-state index >= 15 is 0 Å². The first-order valence-electron chi connectivity index (χ1n) is 6.39. The number of hydrogen-bond donors (Lipinski definition) is 2. The van der Waals surface area contributed by atoms with Gasteiger partial charge in [0.2, 0.25) is 5.88 Å². The van der Waals surface area contributed by atoms with E-state index in [1.807, 2.05) is 26.8 Å². The Hall–Kier alpha value is -1.30. The highest BCUT2D eigenvalue weighted by molar-refractivity contribution is 7.84. The van der Waals surface area contributed by atoms with Crippen LogP contribution in [0.25, 0.3) is 0 Å². The van der Waals surface area contributed by atoms with Crippen molar-refractivity contribution in [3.8, 4) is 5.88 Å². The quantitative estimate of drug-likeness (QED) is 0.801. The van der Waals surface area contributed by atoms with Gasteiger partial charge in [-0.2, -0.15) is 4.98 Å². The minimum Gasteiger partial charge on any atom is -0.473 e. The van der Waals surface area contributed by atoms with Crippen LogP contribution in [0.1, 0.15) is 27.2 Å². The molecule has 0 saturated carbocycles. The smallest absolute Gasteiger partial charge is 0.239 e. The minimum atomic E-state index is -0.789. The number of aromatic nitrogens is 1. The van der Waals surface area contributed by atoms with Crippen LogP contribution in [-0.2, 0) is 10.8 Å². The highest BCUT2D eigenvalue weighted by atomic mass is 32.2. The first-order valence-corrected chi connectivity index (χ1v) is 8.01. The molecule has 2 atom stereocenters. The van der Waals surface area contributed by atoms with Crippen LogP contribution in [0.3, 0.4) is 0 Å². The molecule has 19 heavy (non-hydrogen) atoms. The highest BCUT2D eigenvalue weighted by Crippen LogP contribution is 2.21. The summed E-state index contributed by atoms with van der Waals surface area (Å²) in [5.41, 5.74) is 6.33. The predicted molar refractivity (Wildman–Crippen MR) is 81.0 cm³/mol. The van der Waals surface area contributed by atoms with Gasteiger partial charge in [-0.15, -0.1) is 0 Å². The number of anilines is 2. The van der Waals surface area contributed by atoms with E-state index < -0.39 is 10.8 Å². The van der Waals surface area contributed by atoms with Crippen LogP contribution in [0, 0.1) is 0 Å². The van der Waals surface area contributed by atoms with Crippen molar-refractivity contribution in [2.24, 2.45) is 0 Å². The van der Waals surface area contributed by atoms with Crippen molar-refractivity contribution in [3.63, 3.8) is 0 Å². The van der Waals surface area contributed by atoms with Crippen LogP contribution >= 0.6 is 0 Å². The number of rotatable bonds is 7. The third-order valence-corrected chi connectivity index (χ3v) is 4.03. The van der Waals surface area contributed by atoms with Crippen molar-refractivity contribution < 1.29 is 8.95 Å². The van der Waals surface area contributed by atoms with Gasteiger partial charge >= 0.3 is 0 Å². The van der Waals surface area contributed by atoms with Gasteiger partial charge < -0.3 is 15.8 Å². The summed E-state index contributed by atoms with van der Waals surface area (Å²) in [6.07, 6.45) is 2.59. The number of ether oxygens (including phenoxy) is 1. The summed E-state index contributed by atoms with van der Waals surface area (Å²) < 4.78 is 16.8. The van der Waals surface area contributed by atoms with E-state index in [4.69, 9.17) is 10.5 Å². The summed E-state index contributed by atoms with van der Waals surface area (Å²) in [5, 5.41) is 3.36. The number of nitrogens with two attached hydrogens (primary N) is 1. The Bertz CT molecular complexity index is 438. The summed E-state index contributed by atoms with van der Waals surface area (Å²) in [7, 11) is -0.789. The first-order chi connectivity index (χ1) is 8.90. The second-order valence-electron chi connectivity index (χ2n) is 4.78. The molecule has 1 aromatic heterocycles. The molecule has 108 valence electrons. The van der Waals surface area contributed by atoms with Crippen molar-refractivity contribution in [2.75, 3.05) is 23.9 Å². The maximum atomic E-state index is 11.2. The zero-order valence-electron chi connectivity index (χ0n) is 12.0. The van der Waals surface area contributed by atoms with E-state index in [9.17, 15) is 4.21 Å². The molecule has 0 spiro atoms.